The van der Waals surface area contributed by atoms with Crippen molar-refractivity contribution in [1.82, 2.24) is 14.9 Å². The number of hydrogen-bond donors (Lipinski definition) is 0. The van der Waals surface area contributed by atoms with Crippen LogP contribution in [0.5, 0.6) is 0 Å². The fraction of sp³-hybridized carbons (Fsp3) is 0. The number of hydrogen-bond acceptors (Lipinski definition) is 4. The molecule has 2 heterocycles. The fourth-order valence-electron chi connectivity index (χ4n) is 3.27. The molecule has 0 fully saturated rings. The minimum absolute atomic E-state index is 0.111. The van der Waals surface area contributed by atoms with Crippen molar-refractivity contribution >= 4 is 70.0 Å². The maximum Gasteiger partial charge on any atom is 0.217 e. The summed E-state index contributed by atoms with van der Waals surface area (Å²) in [6.07, 6.45) is 1.87. The normalized spacial score (nSPS) is 14.3. The summed E-state index contributed by atoms with van der Waals surface area (Å²) in [5.74, 6) is -1.13. The first-order valence-corrected chi connectivity index (χ1v) is 11.9. The molecule has 4 nitrogen and oxygen atoms in total. The van der Waals surface area contributed by atoms with Crippen molar-refractivity contribution in [3.05, 3.63) is 102 Å². The van der Waals surface area contributed by atoms with E-state index in [4.69, 9.17) is 46.4 Å². The molecule has 0 saturated heterocycles. The topological polar surface area (TPSA) is 43.1 Å². The van der Waals surface area contributed by atoms with Crippen LogP contribution in [0.3, 0.4) is 0 Å². The molecular formula is C23H10Cl4F2N4S. The number of allylic oxidation sites excluding steroid dienone is 1. The second-order valence-electron chi connectivity index (χ2n) is 7.08. The van der Waals surface area contributed by atoms with Crippen LogP contribution in [0, 0.1) is 11.6 Å². The summed E-state index contributed by atoms with van der Waals surface area (Å²) in [4.78, 5) is 0.648. The third-order valence-corrected chi connectivity index (χ3v) is 7.03. The summed E-state index contributed by atoms with van der Waals surface area (Å²) < 4.78 is 30.0. The molecule has 1 aliphatic heterocycles. The molecule has 0 aliphatic carbocycles. The largest absolute Gasteiger partial charge is 0.217 e. The van der Waals surface area contributed by atoms with Crippen LogP contribution in [0.1, 0.15) is 11.1 Å². The number of aromatic nitrogens is 3. The molecule has 0 radical (unpaired) electrons. The van der Waals surface area contributed by atoms with Gasteiger partial charge >= 0.3 is 0 Å². The van der Waals surface area contributed by atoms with Crippen LogP contribution >= 0.6 is 58.2 Å². The molecule has 1 aliphatic rings. The molecule has 0 unspecified atom stereocenters. The fourth-order valence-corrected chi connectivity index (χ4v) is 5.14. The van der Waals surface area contributed by atoms with Gasteiger partial charge in [0.1, 0.15) is 17.3 Å². The maximum atomic E-state index is 14.4. The van der Waals surface area contributed by atoms with Gasteiger partial charge in [-0.15, -0.1) is 10.2 Å². The molecule has 0 bridgehead atoms. The summed E-state index contributed by atoms with van der Waals surface area (Å²) in [7, 11) is 0. The van der Waals surface area contributed by atoms with Gasteiger partial charge in [-0.2, -0.15) is 9.78 Å². The molecule has 34 heavy (non-hydrogen) atoms. The third-order valence-electron chi connectivity index (χ3n) is 4.86. The van der Waals surface area contributed by atoms with Gasteiger partial charge in [0.15, 0.2) is 5.82 Å². The van der Waals surface area contributed by atoms with Crippen molar-refractivity contribution in [2.45, 2.75) is 5.16 Å². The molecule has 170 valence electrons. The van der Waals surface area contributed by atoms with Crippen LogP contribution in [0.25, 0.3) is 17.5 Å². The summed E-state index contributed by atoms with van der Waals surface area (Å²) in [5, 5.41) is 13.6. The lowest BCUT2D eigenvalue weighted by Gasteiger charge is -2.18. The van der Waals surface area contributed by atoms with Crippen LogP contribution in [0.2, 0.25) is 20.1 Å². The Balaban J connectivity index is 1.73. The Labute approximate surface area is 216 Å². The highest BCUT2D eigenvalue weighted by molar-refractivity contribution is 8.04. The molecule has 0 saturated carbocycles. The Kier molecular flexibility index (Phi) is 6.39. The monoisotopic (exact) mass is 552 g/mol. The molecule has 0 amide bonds. The van der Waals surface area contributed by atoms with Gasteiger partial charge in [-0.25, -0.2) is 8.78 Å². The van der Waals surface area contributed by atoms with E-state index < -0.39 is 11.6 Å². The number of benzene rings is 3. The second kappa shape index (κ2) is 9.32. The second-order valence-corrected chi connectivity index (χ2v) is 9.72. The lowest BCUT2D eigenvalue weighted by Crippen LogP contribution is -2.13. The SMILES string of the molecule is Fc1cc(C2=Nn3c(nnc3-c3cc(F)c(Cl)cc3Cl)S/C2=C\c2ccccc2)c(Cl)cc1Cl. The highest BCUT2D eigenvalue weighted by atomic mass is 35.5. The number of rotatable bonds is 3. The first kappa shape index (κ1) is 23.3. The lowest BCUT2D eigenvalue weighted by molar-refractivity contribution is 0.627. The van der Waals surface area contributed by atoms with Crippen LogP contribution in [-0.2, 0) is 0 Å². The van der Waals surface area contributed by atoms with Crippen molar-refractivity contribution in [2.24, 2.45) is 5.10 Å². The smallest absolute Gasteiger partial charge is 0.205 e. The van der Waals surface area contributed by atoms with E-state index >= 15 is 0 Å². The van der Waals surface area contributed by atoms with Crippen molar-refractivity contribution in [3.63, 3.8) is 0 Å². The van der Waals surface area contributed by atoms with Crippen molar-refractivity contribution in [3.8, 4) is 11.4 Å². The van der Waals surface area contributed by atoms with E-state index in [0.717, 1.165) is 11.6 Å². The summed E-state index contributed by atoms with van der Waals surface area (Å²) in [6.45, 7) is 0. The molecule has 11 heteroatoms. The van der Waals surface area contributed by atoms with E-state index in [1.54, 1.807) is 0 Å². The highest BCUT2D eigenvalue weighted by Crippen LogP contribution is 2.40. The van der Waals surface area contributed by atoms with Gasteiger partial charge in [-0.1, -0.05) is 76.7 Å². The molecular weight excluding hydrogens is 544 g/mol. The van der Waals surface area contributed by atoms with Gasteiger partial charge in [0, 0.05) is 16.0 Å². The minimum atomic E-state index is -0.668. The molecule has 0 atom stereocenters. The van der Waals surface area contributed by atoms with E-state index in [1.165, 1.54) is 34.6 Å². The number of fused-ring (bicyclic) bond motifs is 1. The van der Waals surface area contributed by atoms with Crippen molar-refractivity contribution < 1.29 is 8.78 Å². The van der Waals surface area contributed by atoms with Gasteiger partial charge in [0.2, 0.25) is 5.16 Å². The van der Waals surface area contributed by atoms with Gasteiger partial charge in [0.05, 0.1) is 20.1 Å². The van der Waals surface area contributed by atoms with E-state index in [-0.39, 0.29) is 31.5 Å². The van der Waals surface area contributed by atoms with E-state index in [2.05, 4.69) is 15.3 Å². The van der Waals surface area contributed by atoms with Gasteiger partial charge < -0.3 is 0 Å². The predicted octanol–water partition coefficient (Wildman–Crippen LogP) is 8.24. The summed E-state index contributed by atoms with van der Waals surface area (Å²) >= 11 is 25.7. The molecule has 3 aromatic carbocycles. The first-order chi connectivity index (χ1) is 16.3. The van der Waals surface area contributed by atoms with Crippen LogP contribution in [0.15, 0.2) is 69.8 Å². The van der Waals surface area contributed by atoms with Crippen LogP contribution in [0.4, 0.5) is 8.78 Å². The summed E-state index contributed by atoms with van der Waals surface area (Å²) in [5.41, 5.74) is 1.81. The van der Waals surface area contributed by atoms with E-state index in [1.807, 2.05) is 36.4 Å². The van der Waals surface area contributed by atoms with Crippen LogP contribution < -0.4 is 0 Å². The number of thioether (sulfide) groups is 1. The number of halogens is 6. The minimum Gasteiger partial charge on any atom is -0.205 e. The Bertz CT molecular complexity index is 1500. The molecule has 0 N–H and O–H groups in total. The Morgan fingerprint density at radius 3 is 2.06 bits per heavy atom. The van der Waals surface area contributed by atoms with Gasteiger partial charge in [-0.3, -0.25) is 0 Å². The first-order valence-electron chi connectivity index (χ1n) is 9.61. The zero-order chi connectivity index (χ0) is 24.0. The number of nitrogens with zero attached hydrogens (tertiary/aromatic N) is 4. The van der Waals surface area contributed by atoms with Crippen LogP contribution in [-0.4, -0.2) is 20.6 Å². The summed E-state index contributed by atoms with van der Waals surface area (Å²) in [6, 6.07) is 14.5. The Hall–Kier alpha value is -2.42. The molecule has 5 rings (SSSR count). The maximum absolute atomic E-state index is 14.4. The van der Waals surface area contributed by atoms with Gasteiger partial charge in [0.25, 0.3) is 0 Å². The molecule has 4 aromatic rings. The average Bonchev–Trinajstić information content (AvgIpc) is 3.21. The van der Waals surface area contributed by atoms with E-state index in [9.17, 15) is 8.78 Å². The molecule has 1 aromatic heterocycles. The average molecular weight is 554 g/mol. The highest BCUT2D eigenvalue weighted by Gasteiger charge is 2.28. The van der Waals surface area contributed by atoms with Crippen molar-refractivity contribution in [1.29, 1.82) is 0 Å². The third kappa shape index (κ3) is 4.34. The predicted molar refractivity (Wildman–Crippen MR) is 134 cm³/mol. The quantitative estimate of drug-likeness (QED) is 0.240. The zero-order valence-electron chi connectivity index (χ0n) is 16.7. The Morgan fingerprint density at radius 2 is 1.38 bits per heavy atom. The van der Waals surface area contributed by atoms with E-state index in [0.29, 0.717) is 21.3 Å². The molecule has 0 spiro atoms. The Morgan fingerprint density at radius 1 is 0.765 bits per heavy atom. The zero-order valence-corrected chi connectivity index (χ0v) is 20.6. The van der Waals surface area contributed by atoms with Gasteiger partial charge in [-0.05, 0) is 47.7 Å². The van der Waals surface area contributed by atoms with Crippen molar-refractivity contribution in [2.75, 3.05) is 0 Å². The standard InChI is InChI=1S/C23H10Cl4F2N4S/c24-14-9-16(26)18(28)7-12(14)21-20(6-11-4-2-1-3-5-11)34-23-31-30-22(33(23)32-21)13-8-19(29)17(27)10-15(13)25/h1-10H/b20-6-. The lowest BCUT2D eigenvalue weighted by atomic mass is 10.1.